The van der Waals surface area contributed by atoms with Crippen molar-refractivity contribution >= 4 is 38.9 Å². The molecule has 1 aliphatic rings. The lowest BCUT2D eigenvalue weighted by Crippen LogP contribution is -2.34. The Morgan fingerprint density at radius 2 is 2.06 bits per heavy atom. The van der Waals surface area contributed by atoms with Crippen molar-refractivity contribution in [3.8, 4) is 0 Å². The second-order valence-electron chi connectivity index (χ2n) is 4.29. The van der Waals surface area contributed by atoms with Crippen LogP contribution in [0.1, 0.15) is 21.7 Å². The van der Waals surface area contributed by atoms with Gasteiger partial charge in [0.15, 0.2) is 0 Å². The van der Waals surface area contributed by atoms with Crippen LogP contribution in [0.4, 0.5) is 5.69 Å². The number of amides is 1. The number of carbonyl (C=O) groups excluding carboxylic acids is 1. The number of aryl methyl sites for hydroxylation is 1. The zero-order valence-electron chi connectivity index (χ0n) is 9.73. The molecule has 0 bridgehead atoms. The quantitative estimate of drug-likeness (QED) is 0.774. The summed E-state index contributed by atoms with van der Waals surface area (Å²) in [5.74, 6) is 0.109. The molecule has 0 radical (unpaired) electrons. The first-order valence-electron chi connectivity index (χ1n) is 5.91. The van der Waals surface area contributed by atoms with Crippen molar-refractivity contribution in [3.05, 3.63) is 50.6 Å². The van der Waals surface area contributed by atoms with Gasteiger partial charge < -0.3 is 4.90 Å². The van der Waals surface area contributed by atoms with Crippen LogP contribution in [0.2, 0.25) is 0 Å². The number of fused-ring (bicyclic) bond motifs is 1. The van der Waals surface area contributed by atoms with Crippen molar-refractivity contribution in [2.45, 2.75) is 12.8 Å². The van der Waals surface area contributed by atoms with Crippen LogP contribution in [0.15, 0.2) is 40.2 Å². The second kappa shape index (κ2) is 4.86. The standard InChI is InChI=1S/C14H12BrNOS/c15-13-8-7-12(18-13)14(17)16-9-3-5-10-4-1-2-6-11(10)16/h1-2,4,6-8H,3,5,9H2. The highest BCUT2D eigenvalue weighted by Crippen LogP contribution is 2.30. The van der Waals surface area contributed by atoms with Crippen LogP contribution in [0.5, 0.6) is 0 Å². The largest absolute Gasteiger partial charge is 0.307 e. The minimum Gasteiger partial charge on any atom is -0.307 e. The van der Waals surface area contributed by atoms with Gasteiger partial charge in [0.2, 0.25) is 0 Å². The predicted molar refractivity (Wildman–Crippen MR) is 78.5 cm³/mol. The molecule has 0 saturated heterocycles. The summed E-state index contributed by atoms with van der Waals surface area (Å²) in [6.07, 6.45) is 2.10. The highest BCUT2D eigenvalue weighted by molar-refractivity contribution is 9.11. The minimum atomic E-state index is 0.109. The van der Waals surface area contributed by atoms with E-state index in [1.165, 1.54) is 16.9 Å². The topological polar surface area (TPSA) is 20.3 Å². The third-order valence-electron chi connectivity index (χ3n) is 3.14. The maximum Gasteiger partial charge on any atom is 0.268 e. The van der Waals surface area contributed by atoms with E-state index in [2.05, 4.69) is 22.0 Å². The summed E-state index contributed by atoms with van der Waals surface area (Å²) in [5, 5.41) is 0. The fraction of sp³-hybridized carbons (Fsp3) is 0.214. The molecule has 0 saturated carbocycles. The predicted octanol–water partition coefficient (Wildman–Crippen LogP) is 4.10. The van der Waals surface area contributed by atoms with E-state index in [0.29, 0.717) is 0 Å². The molecule has 0 aliphatic carbocycles. The van der Waals surface area contributed by atoms with Crippen molar-refractivity contribution in [2.24, 2.45) is 0 Å². The lowest BCUT2D eigenvalue weighted by atomic mass is 10.0. The Kier molecular flexibility index (Phi) is 3.22. The molecule has 0 atom stereocenters. The molecular formula is C14H12BrNOS. The van der Waals surface area contributed by atoms with Gasteiger partial charge in [-0.05, 0) is 52.5 Å². The van der Waals surface area contributed by atoms with Gasteiger partial charge >= 0.3 is 0 Å². The monoisotopic (exact) mass is 321 g/mol. The first-order chi connectivity index (χ1) is 8.75. The van der Waals surface area contributed by atoms with E-state index in [4.69, 9.17) is 0 Å². The van der Waals surface area contributed by atoms with Gasteiger partial charge in [-0.3, -0.25) is 4.79 Å². The second-order valence-corrected chi connectivity index (χ2v) is 6.76. The molecule has 4 heteroatoms. The maximum absolute atomic E-state index is 12.5. The Hall–Kier alpha value is -1.13. The molecule has 0 spiro atoms. The van der Waals surface area contributed by atoms with Gasteiger partial charge in [0.1, 0.15) is 0 Å². The summed E-state index contributed by atoms with van der Waals surface area (Å²) in [4.78, 5) is 15.2. The summed E-state index contributed by atoms with van der Waals surface area (Å²) in [6, 6.07) is 12.0. The number of nitrogens with zero attached hydrogens (tertiary/aromatic N) is 1. The number of para-hydroxylation sites is 1. The van der Waals surface area contributed by atoms with Crippen LogP contribution in [0, 0.1) is 0 Å². The van der Waals surface area contributed by atoms with Crippen LogP contribution in [0.3, 0.4) is 0 Å². The summed E-state index contributed by atoms with van der Waals surface area (Å²) < 4.78 is 0.996. The first-order valence-corrected chi connectivity index (χ1v) is 7.52. The fourth-order valence-electron chi connectivity index (χ4n) is 2.31. The number of hydrogen-bond acceptors (Lipinski definition) is 2. The van der Waals surface area contributed by atoms with Crippen molar-refractivity contribution in [1.29, 1.82) is 0 Å². The van der Waals surface area contributed by atoms with Gasteiger partial charge in [0.25, 0.3) is 5.91 Å². The van der Waals surface area contributed by atoms with Gasteiger partial charge in [-0.2, -0.15) is 0 Å². The molecule has 1 aliphatic heterocycles. The maximum atomic E-state index is 12.5. The molecule has 2 aromatic rings. The highest BCUT2D eigenvalue weighted by Gasteiger charge is 2.23. The smallest absolute Gasteiger partial charge is 0.268 e. The minimum absolute atomic E-state index is 0.109. The Labute approximate surface area is 118 Å². The molecule has 92 valence electrons. The Morgan fingerprint density at radius 3 is 2.83 bits per heavy atom. The fourth-order valence-corrected chi connectivity index (χ4v) is 3.64. The van der Waals surface area contributed by atoms with Gasteiger partial charge in [-0.25, -0.2) is 0 Å². The number of carbonyl (C=O) groups is 1. The summed E-state index contributed by atoms with van der Waals surface area (Å²) in [5.41, 5.74) is 2.34. The molecule has 1 aromatic heterocycles. The van der Waals surface area contributed by atoms with Crippen LogP contribution in [-0.4, -0.2) is 12.5 Å². The zero-order valence-corrected chi connectivity index (χ0v) is 12.1. The van der Waals surface area contributed by atoms with Crippen LogP contribution >= 0.6 is 27.3 Å². The number of anilines is 1. The molecular weight excluding hydrogens is 310 g/mol. The van der Waals surface area contributed by atoms with Crippen LogP contribution in [-0.2, 0) is 6.42 Å². The van der Waals surface area contributed by atoms with Crippen LogP contribution in [0.25, 0.3) is 0 Å². The van der Waals surface area contributed by atoms with E-state index in [1.54, 1.807) is 0 Å². The molecule has 0 fully saturated rings. The van der Waals surface area contributed by atoms with Gasteiger partial charge in [0, 0.05) is 12.2 Å². The van der Waals surface area contributed by atoms with Crippen molar-refractivity contribution < 1.29 is 4.79 Å². The summed E-state index contributed by atoms with van der Waals surface area (Å²) in [7, 11) is 0. The number of thiophene rings is 1. The average molecular weight is 322 g/mol. The van der Waals surface area contributed by atoms with Gasteiger partial charge in [0.05, 0.1) is 8.66 Å². The third-order valence-corrected chi connectivity index (χ3v) is 4.75. The Morgan fingerprint density at radius 1 is 1.22 bits per heavy atom. The van der Waals surface area contributed by atoms with E-state index in [9.17, 15) is 4.79 Å². The molecule has 2 nitrogen and oxygen atoms in total. The molecule has 0 unspecified atom stereocenters. The molecule has 1 aromatic carbocycles. The Bertz CT molecular complexity index is 593. The summed E-state index contributed by atoms with van der Waals surface area (Å²) >= 11 is 4.89. The number of rotatable bonds is 1. The third kappa shape index (κ3) is 2.10. The van der Waals surface area contributed by atoms with Gasteiger partial charge in [-0.15, -0.1) is 11.3 Å². The van der Waals surface area contributed by atoms with Crippen molar-refractivity contribution in [1.82, 2.24) is 0 Å². The van der Waals surface area contributed by atoms with E-state index in [1.807, 2.05) is 35.2 Å². The number of halogens is 1. The SMILES string of the molecule is O=C(c1ccc(Br)s1)N1CCCc2ccccc21. The number of hydrogen-bond donors (Lipinski definition) is 0. The van der Waals surface area contributed by atoms with E-state index in [-0.39, 0.29) is 5.91 Å². The molecule has 18 heavy (non-hydrogen) atoms. The van der Waals surface area contributed by atoms with Crippen molar-refractivity contribution in [2.75, 3.05) is 11.4 Å². The van der Waals surface area contributed by atoms with E-state index < -0.39 is 0 Å². The Balaban J connectivity index is 1.96. The number of benzene rings is 1. The lowest BCUT2D eigenvalue weighted by molar-refractivity contribution is 0.0989. The van der Waals surface area contributed by atoms with Crippen molar-refractivity contribution in [3.63, 3.8) is 0 Å². The average Bonchev–Trinajstić information content (AvgIpc) is 2.84. The normalized spacial score (nSPS) is 14.4. The van der Waals surface area contributed by atoms with Gasteiger partial charge in [-0.1, -0.05) is 18.2 Å². The molecule has 3 rings (SSSR count). The molecule has 2 heterocycles. The van der Waals surface area contributed by atoms with E-state index >= 15 is 0 Å². The molecule has 1 amide bonds. The first kappa shape index (κ1) is 11.9. The zero-order chi connectivity index (χ0) is 12.5. The highest BCUT2D eigenvalue weighted by atomic mass is 79.9. The van der Waals surface area contributed by atoms with Crippen LogP contribution < -0.4 is 4.90 Å². The van der Waals surface area contributed by atoms with E-state index in [0.717, 1.165) is 33.7 Å². The lowest BCUT2D eigenvalue weighted by Gasteiger charge is -2.29. The summed E-state index contributed by atoms with van der Waals surface area (Å²) in [6.45, 7) is 0.811. The molecule has 0 N–H and O–H groups in total.